The summed E-state index contributed by atoms with van der Waals surface area (Å²) >= 11 is 0. The molecule has 6 heteroatoms. The fourth-order valence-electron chi connectivity index (χ4n) is 6.49. The van der Waals surface area contributed by atoms with Crippen LogP contribution in [0.3, 0.4) is 0 Å². The van der Waals surface area contributed by atoms with Crippen LogP contribution in [0.4, 0.5) is 5.95 Å². The summed E-state index contributed by atoms with van der Waals surface area (Å²) in [5.74, 6) is 5.35. The van der Waals surface area contributed by atoms with Crippen molar-refractivity contribution in [3.63, 3.8) is 0 Å². The van der Waals surface area contributed by atoms with E-state index in [0.29, 0.717) is 35.5 Å². The van der Waals surface area contributed by atoms with E-state index >= 15 is 0 Å². The summed E-state index contributed by atoms with van der Waals surface area (Å²) in [4.78, 5) is 21.9. The number of nitrogens with zero attached hydrogens (tertiary/aromatic N) is 4. The van der Waals surface area contributed by atoms with Gasteiger partial charge in [0.2, 0.25) is 11.8 Å². The highest BCUT2D eigenvalue weighted by Gasteiger charge is 2.51. The molecule has 1 aromatic heterocycles. The van der Waals surface area contributed by atoms with Gasteiger partial charge in [-0.1, -0.05) is 0 Å². The number of carbonyl (C=O) groups excluding carboxylic acids is 1. The lowest BCUT2D eigenvalue weighted by molar-refractivity contribution is -0.150. The zero-order valence-corrected chi connectivity index (χ0v) is 15.9. The van der Waals surface area contributed by atoms with Crippen molar-refractivity contribution in [2.24, 2.45) is 29.6 Å². The van der Waals surface area contributed by atoms with Crippen molar-refractivity contribution in [2.75, 3.05) is 32.1 Å². The van der Waals surface area contributed by atoms with Crippen LogP contribution in [-0.2, 0) is 4.79 Å². The third kappa shape index (κ3) is 2.72. The first-order valence-electron chi connectivity index (χ1n) is 10.4. The van der Waals surface area contributed by atoms with Gasteiger partial charge in [0.15, 0.2) is 0 Å². The van der Waals surface area contributed by atoms with Gasteiger partial charge in [0.1, 0.15) is 0 Å². The van der Waals surface area contributed by atoms with Gasteiger partial charge in [-0.3, -0.25) is 4.79 Å². The van der Waals surface area contributed by atoms with Gasteiger partial charge < -0.3 is 14.3 Å². The number of hydrogen-bond donors (Lipinski definition) is 0. The van der Waals surface area contributed by atoms with Crippen LogP contribution in [-0.4, -0.2) is 48.1 Å². The fraction of sp³-hybridized carbons (Fsp3) is 0.850. The zero-order valence-electron chi connectivity index (χ0n) is 15.9. The van der Waals surface area contributed by atoms with Crippen LogP contribution in [0.1, 0.15) is 56.8 Å². The van der Waals surface area contributed by atoms with Crippen molar-refractivity contribution >= 4 is 11.9 Å². The highest BCUT2D eigenvalue weighted by atomic mass is 16.5. The molecular weight excluding hydrogens is 328 g/mol. The summed E-state index contributed by atoms with van der Waals surface area (Å²) in [7, 11) is 3.83. The van der Waals surface area contributed by atoms with Crippen molar-refractivity contribution in [3.8, 4) is 0 Å². The predicted molar refractivity (Wildman–Crippen MR) is 97.7 cm³/mol. The fourth-order valence-corrected chi connectivity index (χ4v) is 6.49. The van der Waals surface area contributed by atoms with Gasteiger partial charge in [-0.15, -0.1) is 0 Å². The van der Waals surface area contributed by atoms with Gasteiger partial charge in [0.25, 0.3) is 5.95 Å². The number of likely N-dealkylation sites (tertiary alicyclic amines) is 1. The molecule has 26 heavy (non-hydrogen) atoms. The molecule has 5 aliphatic rings. The molecule has 0 N–H and O–H groups in total. The van der Waals surface area contributed by atoms with Gasteiger partial charge in [-0.05, 0) is 73.8 Å². The molecule has 1 saturated heterocycles. The Kier molecular flexibility index (Phi) is 3.98. The quantitative estimate of drug-likeness (QED) is 0.831. The highest BCUT2D eigenvalue weighted by Crippen LogP contribution is 2.57. The van der Waals surface area contributed by atoms with Crippen LogP contribution >= 0.6 is 0 Å². The maximum absolute atomic E-state index is 13.4. The van der Waals surface area contributed by atoms with Crippen LogP contribution in [0.25, 0.3) is 0 Å². The molecule has 142 valence electrons. The lowest BCUT2D eigenvalue weighted by Crippen LogP contribution is -2.53. The number of anilines is 1. The maximum Gasteiger partial charge on any atom is 0.265 e. The number of hydrogen-bond acceptors (Lipinski definition) is 5. The molecule has 4 aliphatic carbocycles. The first-order valence-corrected chi connectivity index (χ1v) is 10.4. The van der Waals surface area contributed by atoms with Gasteiger partial charge in [-0.25, -0.2) is 0 Å². The average molecular weight is 358 g/mol. The molecule has 6 rings (SSSR count). The Balaban J connectivity index is 1.29. The summed E-state index contributed by atoms with van der Waals surface area (Å²) in [6.07, 6.45) is 8.70. The monoisotopic (exact) mass is 358 g/mol. The first kappa shape index (κ1) is 16.6. The molecule has 4 saturated carbocycles. The van der Waals surface area contributed by atoms with Crippen molar-refractivity contribution in [1.29, 1.82) is 0 Å². The standard InChI is InChI=1S/C20H30N4O2/c1-23(2)20-21-18(26-22-20)14-4-3-5-24(11-14)19(25)17-15-7-12-6-13(9-15)10-16(17)8-12/h12-17H,3-11H2,1-2H3. The number of aromatic nitrogens is 2. The third-order valence-corrected chi connectivity index (χ3v) is 7.43. The van der Waals surface area contributed by atoms with Gasteiger partial charge in [0, 0.05) is 33.1 Å². The van der Waals surface area contributed by atoms with E-state index in [1.807, 2.05) is 19.0 Å². The molecule has 5 fully saturated rings. The number of amides is 1. The molecular formula is C20H30N4O2. The van der Waals surface area contributed by atoms with E-state index in [1.165, 1.54) is 32.1 Å². The summed E-state index contributed by atoms with van der Waals surface area (Å²) < 4.78 is 5.49. The molecule has 4 bridgehead atoms. The van der Waals surface area contributed by atoms with E-state index in [9.17, 15) is 4.79 Å². The Morgan fingerprint density at radius 3 is 2.42 bits per heavy atom. The lowest BCUT2D eigenvalue weighted by Gasteiger charge is -2.54. The smallest absolute Gasteiger partial charge is 0.265 e. The first-order chi connectivity index (χ1) is 12.6. The molecule has 1 unspecified atom stereocenters. The second-order valence-electron chi connectivity index (χ2n) is 9.41. The topological polar surface area (TPSA) is 62.5 Å². The predicted octanol–water partition coefficient (Wildman–Crippen LogP) is 2.91. The van der Waals surface area contributed by atoms with Crippen LogP contribution in [0.15, 0.2) is 4.52 Å². The molecule has 1 atom stereocenters. The van der Waals surface area contributed by atoms with Crippen LogP contribution < -0.4 is 4.90 Å². The van der Waals surface area contributed by atoms with Crippen molar-refractivity contribution < 1.29 is 9.32 Å². The number of piperidine rings is 1. The summed E-state index contributed by atoms with van der Waals surface area (Å²) in [6, 6.07) is 0. The molecule has 0 aromatic carbocycles. The van der Waals surface area contributed by atoms with Crippen LogP contribution in [0, 0.1) is 29.6 Å². The normalized spacial score (nSPS) is 38.6. The lowest BCUT2D eigenvalue weighted by atomic mass is 9.51. The minimum atomic E-state index is 0.186. The summed E-state index contributed by atoms with van der Waals surface area (Å²) in [6.45, 7) is 1.64. The molecule has 0 spiro atoms. The van der Waals surface area contributed by atoms with Crippen molar-refractivity contribution in [3.05, 3.63) is 5.89 Å². The average Bonchev–Trinajstić information content (AvgIpc) is 3.11. The Bertz CT molecular complexity index is 657. The van der Waals surface area contributed by atoms with Crippen LogP contribution in [0.5, 0.6) is 0 Å². The third-order valence-electron chi connectivity index (χ3n) is 7.43. The van der Waals surface area contributed by atoms with Gasteiger partial charge in [-0.2, -0.15) is 4.98 Å². The summed E-state index contributed by atoms with van der Waals surface area (Å²) in [5.41, 5.74) is 0. The molecule has 6 nitrogen and oxygen atoms in total. The van der Waals surface area contributed by atoms with Crippen molar-refractivity contribution in [2.45, 2.75) is 50.9 Å². The Morgan fingerprint density at radius 1 is 1.12 bits per heavy atom. The van der Waals surface area contributed by atoms with Crippen LogP contribution in [0.2, 0.25) is 0 Å². The largest absolute Gasteiger partial charge is 0.344 e. The minimum absolute atomic E-state index is 0.186. The van der Waals surface area contributed by atoms with E-state index in [-0.39, 0.29) is 5.92 Å². The van der Waals surface area contributed by atoms with Gasteiger partial charge in [0.05, 0.1) is 5.92 Å². The zero-order chi connectivity index (χ0) is 17.8. The van der Waals surface area contributed by atoms with E-state index in [0.717, 1.165) is 37.8 Å². The highest BCUT2D eigenvalue weighted by molar-refractivity contribution is 5.80. The number of rotatable bonds is 3. The van der Waals surface area contributed by atoms with E-state index < -0.39 is 0 Å². The van der Waals surface area contributed by atoms with E-state index in [2.05, 4.69) is 15.0 Å². The molecule has 0 radical (unpaired) electrons. The minimum Gasteiger partial charge on any atom is -0.344 e. The van der Waals surface area contributed by atoms with Gasteiger partial charge >= 0.3 is 0 Å². The van der Waals surface area contributed by atoms with E-state index in [1.54, 1.807) is 0 Å². The summed E-state index contributed by atoms with van der Waals surface area (Å²) in [5, 5.41) is 4.05. The molecule has 1 aliphatic heterocycles. The Morgan fingerprint density at radius 2 is 1.81 bits per heavy atom. The molecule has 2 heterocycles. The molecule has 1 amide bonds. The molecule has 1 aromatic rings. The Labute approximate surface area is 155 Å². The second-order valence-corrected chi connectivity index (χ2v) is 9.41. The number of carbonyl (C=O) groups is 1. The maximum atomic E-state index is 13.4. The Hall–Kier alpha value is -1.59. The SMILES string of the molecule is CN(C)c1noc(C2CCCN(C(=O)C3C4CC5CC(C4)CC3C5)C2)n1. The van der Waals surface area contributed by atoms with Crippen molar-refractivity contribution in [1.82, 2.24) is 15.0 Å². The second kappa shape index (κ2) is 6.24. The van der Waals surface area contributed by atoms with E-state index in [4.69, 9.17) is 4.52 Å².